The Hall–Kier alpha value is -1.56. The Bertz CT molecular complexity index is 715. The summed E-state index contributed by atoms with van der Waals surface area (Å²) >= 11 is 0. The first kappa shape index (κ1) is 36.5. The smallest absolute Gasteiger partial charge is 0.305 e. The van der Waals surface area contributed by atoms with E-state index in [-0.39, 0.29) is 19.6 Å². The van der Waals surface area contributed by atoms with Crippen LogP contribution in [0.25, 0.3) is 0 Å². The molecule has 0 unspecified atom stereocenters. The van der Waals surface area contributed by atoms with Gasteiger partial charge in [0, 0.05) is 13.3 Å². The van der Waals surface area contributed by atoms with Gasteiger partial charge in [-0.2, -0.15) is 0 Å². The Morgan fingerprint density at radius 2 is 1.48 bits per heavy atom. The van der Waals surface area contributed by atoms with Gasteiger partial charge in [0.25, 0.3) is 0 Å². The third kappa shape index (κ3) is 16.0. The van der Waals surface area contributed by atoms with Gasteiger partial charge in [-0.15, -0.1) is 0 Å². The van der Waals surface area contributed by atoms with E-state index in [2.05, 4.69) is 24.4 Å². The Kier molecular flexibility index (Phi) is 19.3. The van der Waals surface area contributed by atoms with Crippen LogP contribution in [0.1, 0.15) is 111 Å². The van der Waals surface area contributed by atoms with Crippen LogP contribution in [0.15, 0.2) is 12.2 Å². The molecule has 10 heteroatoms. The van der Waals surface area contributed by atoms with Crippen molar-refractivity contribution in [3.8, 4) is 0 Å². The summed E-state index contributed by atoms with van der Waals surface area (Å²) in [5, 5.41) is 42.8. The van der Waals surface area contributed by atoms with E-state index in [1.807, 2.05) is 0 Å². The molecule has 1 saturated heterocycles. The van der Waals surface area contributed by atoms with E-state index in [1.54, 1.807) is 0 Å². The molecule has 0 aromatic carbocycles. The number of ether oxygens (including phenoxy) is 3. The molecule has 0 radical (unpaired) electrons. The van der Waals surface area contributed by atoms with Gasteiger partial charge in [-0.25, -0.2) is 0 Å². The second-order valence-electron chi connectivity index (χ2n) is 11.2. The summed E-state index contributed by atoms with van der Waals surface area (Å²) in [6.45, 7) is 3.69. The van der Waals surface area contributed by atoms with Crippen LogP contribution in [0.4, 0.5) is 0 Å². The predicted molar refractivity (Wildman–Crippen MR) is 152 cm³/mol. The maximum absolute atomic E-state index is 12.1. The zero-order chi connectivity index (χ0) is 29.8. The van der Waals surface area contributed by atoms with Gasteiger partial charge in [0.05, 0.1) is 13.2 Å². The third-order valence-electron chi connectivity index (χ3n) is 7.00. The van der Waals surface area contributed by atoms with Crippen molar-refractivity contribution in [2.75, 3.05) is 19.8 Å². The number of esters is 1. The molecule has 0 saturated carbocycles. The molecule has 234 valence electrons. The summed E-state index contributed by atoms with van der Waals surface area (Å²) in [6, 6.07) is -1.12. The highest BCUT2D eigenvalue weighted by Crippen LogP contribution is 2.23. The average Bonchev–Trinajstić information content (AvgIpc) is 2.91. The minimum Gasteiger partial charge on any atom is -0.463 e. The molecule has 1 fully saturated rings. The topological polar surface area (TPSA) is 155 Å². The fourth-order valence-corrected chi connectivity index (χ4v) is 4.56. The van der Waals surface area contributed by atoms with Gasteiger partial charge in [-0.3, -0.25) is 9.59 Å². The number of unbranched alkanes of at least 4 members (excludes halogenated alkanes) is 11. The molecule has 1 heterocycles. The number of aliphatic hydroxyl groups is 4. The lowest BCUT2D eigenvalue weighted by Crippen LogP contribution is -2.65. The molecular formula is C30H55NO9. The second kappa shape index (κ2) is 21.2. The molecule has 0 aromatic heterocycles. The van der Waals surface area contributed by atoms with Gasteiger partial charge in [-0.05, 0) is 39.0 Å². The molecular weight excluding hydrogens is 518 g/mol. The summed E-state index contributed by atoms with van der Waals surface area (Å²) in [5.74, 6) is -0.881. The van der Waals surface area contributed by atoms with Crippen molar-refractivity contribution in [2.24, 2.45) is 0 Å². The number of hydrogen-bond acceptors (Lipinski definition) is 9. The third-order valence-corrected chi connectivity index (χ3v) is 7.00. The molecule has 5 N–H and O–H groups in total. The van der Waals surface area contributed by atoms with Crippen LogP contribution in [0.2, 0.25) is 0 Å². The van der Waals surface area contributed by atoms with E-state index in [1.165, 1.54) is 58.8 Å². The van der Waals surface area contributed by atoms with Crippen LogP contribution in [-0.4, -0.2) is 88.4 Å². The number of hydrogen-bond donors (Lipinski definition) is 5. The van der Waals surface area contributed by atoms with Crippen molar-refractivity contribution in [1.29, 1.82) is 0 Å². The van der Waals surface area contributed by atoms with Gasteiger partial charge in [0.15, 0.2) is 6.29 Å². The summed E-state index contributed by atoms with van der Waals surface area (Å²) in [7, 11) is 0. The van der Waals surface area contributed by atoms with E-state index >= 15 is 0 Å². The van der Waals surface area contributed by atoms with Crippen LogP contribution < -0.4 is 5.32 Å². The summed E-state index contributed by atoms with van der Waals surface area (Å²) in [4.78, 5) is 23.6. The maximum Gasteiger partial charge on any atom is 0.305 e. The van der Waals surface area contributed by atoms with Crippen LogP contribution in [0, 0.1) is 0 Å². The number of amides is 1. The first-order valence-electron chi connectivity index (χ1n) is 15.2. The van der Waals surface area contributed by atoms with Crippen molar-refractivity contribution in [1.82, 2.24) is 5.32 Å². The Labute approximate surface area is 240 Å². The van der Waals surface area contributed by atoms with Gasteiger partial charge < -0.3 is 40.0 Å². The highest BCUT2D eigenvalue weighted by molar-refractivity contribution is 5.73. The van der Waals surface area contributed by atoms with Crippen LogP contribution in [0.5, 0.6) is 0 Å². The molecule has 0 aromatic rings. The van der Waals surface area contributed by atoms with Gasteiger partial charge >= 0.3 is 5.97 Å². The molecule has 10 nitrogen and oxygen atoms in total. The first-order chi connectivity index (χ1) is 19.1. The predicted octanol–water partition coefficient (Wildman–Crippen LogP) is 3.28. The monoisotopic (exact) mass is 573 g/mol. The SMILES string of the molecule is CCCCCCCC/C=C\CCCCCCCC(=O)OC[C@@](C)(O)CO[C@@H]1O[C@H](CO)[C@@H](O)[C@H](O)[C@H]1NC(C)=O. The number of nitrogens with one attached hydrogen (secondary N) is 1. The lowest BCUT2D eigenvalue weighted by atomic mass is 9.97. The quantitative estimate of drug-likeness (QED) is 0.0745. The minimum atomic E-state index is -1.56. The summed E-state index contributed by atoms with van der Waals surface area (Å²) in [6.07, 6.45) is 14.9. The minimum absolute atomic E-state index is 0.272. The maximum atomic E-state index is 12.1. The lowest BCUT2D eigenvalue weighted by Gasteiger charge is -2.42. The first-order valence-corrected chi connectivity index (χ1v) is 15.2. The molecule has 1 amide bonds. The number of rotatable bonds is 22. The Morgan fingerprint density at radius 3 is 2.05 bits per heavy atom. The molecule has 0 aliphatic carbocycles. The van der Waals surface area contributed by atoms with Crippen LogP contribution in [-0.2, 0) is 23.8 Å². The van der Waals surface area contributed by atoms with Crippen LogP contribution >= 0.6 is 0 Å². The standard InChI is InChI=1S/C30H55NO9/c1-4-5-6-7-8-9-10-11-12-13-14-15-16-17-18-19-25(34)38-21-30(3,37)22-39-29-26(31-23(2)33)28(36)27(35)24(20-32)40-29/h11-12,24,26-29,32,35-37H,4-10,13-22H2,1-3H3,(H,31,33)/b12-11-/t24-,26-,27-,28-,29-,30-/m1/s1. The van der Waals surface area contributed by atoms with E-state index in [9.17, 15) is 30.0 Å². The van der Waals surface area contributed by atoms with E-state index < -0.39 is 54.7 Å². The fourth-order valence-electron chi connectivity index (χ4n) is 4.56. The number of aliphatic hydroxyl groups excluding tert-OH is 3. The summed E-state index contributed by atoms with van der Waals surface area (Å²) < 4.78 is 16.3. The normalized spacial score (nSPS) is 24.6. The number of carbonyl (C=O) groups is 2. The molecule has 0 spiro atoms. The lowest BCUT2D eigenvalue weighted by molar-refractivity contribution is -0.280. The number of carbonyl (C=O) groups excluding carboxylic acids is 2. The van der Waals surface area contributed by atoms with Crippen LogP contribution in [0.3, 0.4) is 0 Å². The highest BCUT2D eigenvalue weighted by Gasteiger charge is 2.46. The van der Waals surface area contributed by atoms with E-state index in [0.717, 1.165) is 38.5 Å². The van der Waals surface area contributed by atoms with Gasteiger partial charge in [0.1, 0.15) is 36.6 Å². The van der Waals surface area contributed by atoms with E-state index in [0.29, 0.717) is 0 Å². The van der Waals surface area contributed by atoms with Crippen molar-refractivity contribution < 1.29 is 44.2 Å². The Balaban J connectivity index is 2.18. The zero-order valence-electron chi connectivity index (χ0n) is 24.9. The average molecular weight is 574 g/mol. The molecule has 6 atom stereocenters. The van der Waals surface area contributed by atoms with E-state index in [4.69, 9.17) is 14.2 Å². The second-order valence-corrected chi connectivity index (χ2v) is 11.2. The largest absolute Gasteiger partial charge is 0.463 e. The summed E-state index contributed by atoms with van der Waals surface area (Å²) in [5.41, 5.74) is -1.56. The Morgan fingerprint density at radius 1 is 0.900 bits per heavy atom. The molecule has 1 aliphatic heterocycles. The van der Waals surface area contributed by atoms with Crippen molar-refractivity contribution in [2.45, 2.75) is 147 Å². The molecule has 1 aliphatic rings. The van der Waals surface area contributed by atoms with Gasteiger partial charge in [0.2, 0.25) is 5.91 Å². The molecule has 0 bridgehead atoms. The fraction of sp³-hybridized carbons (Fsp3) is 0.867. The molecule has 40 heavy (non-hydrogen) atoms. The molecule has 1 rings (SSSR count). The van der Waals surface area contributed by atoms with Crippen molar-refractivity contribution >= 4 is 11.9 Å². The van der Waals surface area contributed by atoms with Gasteiger partial charge in [-0.1, -0.05) is 70.4 Å². The zero-order valence-corrected chi connectivity index (χ0v) is 24.9. The highest BCUT2D eigenvalue weighted by atomic mass is 16.7. The number of allylic oxidation sites excluding steroid dienone is 2. The van der Waals surface area contributed by atoms with Crippen molar-refractivity contribution in [3.63, 3.8) is 0 Å². The van der Waals surface area contributed by atoms with Crippen molar-refractivity contribution in [3.05, 3.63) is 12.2 Å².